The molecule has 2 N–H and O–H groups in total. The van der Waals surface area contributed by atoms with Crippen LogP contribution in [0.25, 0.3) is 0 Å². The molecule has 0 amide bonds. The van der Waals surface area contributed by atoms with E-state index in [-0.39, 0.29) is 6.10 Å². The molecule has 3 nitrogen and oxygen atoms in total. The highest BCUT2D eigenvalue weighted by Gasteiger charge is 2.22. The molecule has 1 fully saturated rings. The molecule has 0 saturated heterocycles. The van der Waals surface area contributed by atoms with Crippen molar-refractivity contribution in [2.24, 2.45) is 5.92 Å². The van der Waals surface area contributed by atoms with Crippen molar-refractivity contribution in [3.63, 3.8) is 0 Å². The van der Waals surface area contributed by atoms with Gasteiger partial charge in [0.25, 0.3) is 0 Å². The summed E-state index contributed by atoms with van der Waals surface area (Å²) in [5, 5.41) is 22.6. The highest BCUT2D eigenvalue weighted by molar-refractivity contribution is 6.31. The van der Waals surface area contributed by atoms with E-state index in [1.165, 1.54) is 6.42 Å². The monoisotopic (exact) mass is 278 g/mol. The second-order valence-corrected chi connectivity index (χ2v) is 5.57. The zero-order chi connectivity index (χ0) is 13.7. The maximum absolute atomic E-state index is 9.89. The summed E-state index contributed by atoms with van der Waals surface area (Å²) in [6.07, 6.45) is 4.19. The molecule has 0 bridgehead atoms. The number of benzene rings is 1. The first kappa shape index (κ1) is 14.3. The maximum Gasteiger partial charge on any atom is 0.0992 e. The van der Waals surface area contributed by atoms with Crippen molar-refractivity contribution >= 4 is 11.6 Å². The van der Waals surface area contributed by atoms with Crippen LogP contribution < -0.4 is 5.32 Å². The molecular weight excluding hydrogens is 260 g/mol. The number of hydrogen-bond donors (Lipinski definition) is 2. The predicted molar refractivity (Wildman–Crippen MR) is 75.8 cm³/mol. The van der Waals surface area contributed by atoms with Crippen LogP contribution in [0.5, 0.6) is 0 Å². The van der Waals surface area contributed by atoms with Crippen molar-refractivity contribution < 1.29 is 5.11 Å². The van der Waals surface area contributed by atoms with Gasteiger partial charge in [0.15, 0.2) is 0 Å². The Morgan fingerprint density at radius 3 is 2.84 bits per heavy atom. The minimum atomic E-state index is -0.169. The van der Waals surface area contributed by atoms with Gasteiger partial charge >= 0.3 is 0 Å². The van der Waals surface area contributed by atoms with Crippen molar-refractivity contribution in [3.05, 3.63) is 34.3 Å². The highest BCUT2D eigenvalue weighted by atomic mass is 35.5. The molecule has 1 saturated carbocycles. The lowest BCUT2D eigenvalue weighted by Crippen LogP contribution is -2.33. The lowest BCUT2D eigenvalue weighted by atomic mass is 9.86. The van der Waals surface area contributed by atoms with E-state index in [0.717, 1.165) is 31.4 Å². The zero-order valence-electron chi connectivity index (χ0n) is 10.9. The molecule has 0 spiro atoms. The largest absolute Gasteiger partial charge is 0.393 e. The average molecular weight is 279 g/mol. The maximum atomic E-state index is 9.89. The van der Waals surface area contributed by atoms with Crippen molar-refractivity contribution in [1.29, 1.82) is 5.26 Å². The van der Waals surface area contributed by atoms with Crippen LogP contribution in [-0.2, 0) is 6.54 Å². The first-order chi connectivity index (χ1) is 9.20. The van der Waals surface area contributed by atoms with Crippen LogP contribution in [0.4, 0.5) is 0 Å². The fourth-order valence-corrected chi connectivity index (χ4v) is 2.83. The number of rotatable bonds is 4. The van der Waals surface area contributed by atoms with E-state index in [1.807, 2.05) is 6.07 Å². The molecule has 2 unspecified atom stereocenters. The Hall–Kier alpha value is -1.08. The predicted octanol–water partition coefficient (Wildman–Crippen LogP) is 2.85. The quantitative estimate of drug-likeness (QED) is 0.890. The van der Waals surface area contributed by atoms with Gasteiger partial charge in [-0.15, -0.1) is 0 Å². The molecule has 0 aliphatic heterocycles. The van der Waals surface area contributed by atoms with E-state index in [9.17, 15) is 5.11 Å². The van der Waals surface area contributed by atoms with Gasteiger partial charge in [0.05, 0.1) is 17.7 Å². The third-order valence-corrected chi connectivity index (χ3v) is 4.12. The summed E-state index contributed by atoms with van der Waals surface area (Å²) >= 11 is 6.12. The van der Waals surface area contributed by atoms with Crippen LogP contribution in [0.1, 0.15) is 36.8 Å². The van der Waals surface area contributed by atoms with Crippen molar-refractivity contribution in [2.75, 3.05) is 6.54 Å². The van der Waals surface area contributed by atoms with Crippen LogP contribution in [-0.4, -0.2) is 17.8 Å². The summed E-state index contributed by atoms with van der Waals surface area (Å²) in [5.74, 6) is 0.353. The number of halogens is 1. The van der Waals surface area contributed by atoms with Crippen LogP contribution in [0.3, 0.4) is 0 Å². The Labute approximate surface area is 119 Å². The number of aliphatic hydroxyl groups is 1. The van der Waals surface area contributed by atoms with E-state index in [4.69, 9.17) is 16.9 Å². The minimum absolute atomic E-state index is 0.169. The molecule has 19 heavy (non-hydrogen) atoms. The van der Waals surface area contributed by atoms with E-state index in [1.54, 1.807) is 12.1 Å². The molecule has 4 heteroatoms. The first-order valence-corrected chi connectivity index (χ1v) is 7.16. The Morgan fingerprint density at radius 1 is 1.37 bits per heavy atom. The first-order valence-electron chi connectivity index (χ1n) is 6.78. The van der Waals surface area contributed by atoms with Gasteiger partial charge in [0, 0.05) is 18.1 Å². The van der Waals surface area contributed by atoms with Crippen LogP contribution >= 0.6 is 11.6 Å². The Kier molecular flexibility index (Phi) is 5.21. The van der Waals surface area contributed by atoms with E-state index >= 15 is 0 Å². The molecule has 102 valence electrons. The Morgan fingerprint density at radius 2 is 2.16 bits per heavy atom. The summed E-state index contributed by atoms with van der Waals surface area (Å²) in [4.78, 5) is 0. The van der Waals surface area contributed by atoms with Crippen LogP contribution in [0.15, 0.2) is 18.2 Å². The molecule has 1 aromatic rings. The fraction of sp³-hybridized carbons (Fsp3) is 0.533. The topological polar surface area (TPSA) is 56.0 Å². The number of nitriles is 1. The minimum Gasteiger partial charge on any atom is -0.393 e. The lowest BCUT2D eigenvalue weighted by Gasteiger charge is -2.27. The SMILES string of the molecule is N#Cc1ccc(CNCC2CCCCC2O)c(Cl)c1. The van der Waals surface area contributed by atoms with Gasteiger partial charge in [0.1, 0.15) is 0 Å². The molecule has 2 atom stereocenters. The Bertz CT molecular complexity index is 470. The summed E-state index contributed by atoms with van der Waals surface area (Å²) in [5.41, 5.74) is 1.57. The molecular formula is C15H19ClN2O. The second kappa shape index (κ2) is 6.91. The third kappa shape index (κ3) is 3.94. The van der Waals surface area contributed by atoms with Gasteiger partial charge in [-0.2, -0.15) is 5.26 Å². The van der Waals surface area contributed by atoms with Crippen LogP contribution in [0, 0.1) is 17.2 Å². The summed E-state index contributed by atoms with van der Waals surface area (Å²) in [6, 6.07) is 7.42. The number of nitrogens with zero attached hydrogens (tertiary/aromatic N) is 1. The third-order valence-electron chi connectivity index (χ3n) is 3.77. The smallest absolute Gasteiger partial charge is 0.0992 e. The molecule has 1 aliphatic rings. The van der Waals surface area contributed by atoms with E-state index in [0.29, 0.717) is 23.0 Å². The molecule has 1 aliphatic carbocycles. The summed E-state index contributed by atoms with van der Waals surface area (Å²) < 4.78 is 0. The van der Waals surface area contributed by atoms with Gasteiger partial charge in [-0.3, -0.25) is 0 Å². The molecule has 0 radical (unpaired) electrons. The molecule has 2 rings (SSSR count). The second-order valence-electron chi connectivity index (χ2n) is 5.16. The molecule has 0 aromatic heterocycles. The Balaban J connectivity index is 1.84. The van der Waals surface area contributed by atoms with Gasteiger partial charge < -0.3 is 10.4 Å². The van der Waals surface area contributed by atoms with Crippen LogP contribution in [0.2, 0.25) is 5.02 Å². The highest BCUT2D eigenvalue weighted by Crippen LogP contribution is 2.24. The standard InChI is InChI=1S/C15H19ClN2O/c16-14-7-11(8-17)5-6-12(14)9-18-10-13-3-1-2-4-15(13)19/h5-7,13,15,18-19H,1-4,9-10H2. The van der Waals surface area contributed by atoms with Crippen molar-refractivity contribution in [1.82, 2.24) is 5.32 Å². The van der Waals surface area contributed by atoms with Gasteiger partial charge in [0.2, 0.25) is 0 Å². The van der Waals surface area contributed by atoms with Crippen molar-refractivity contribution in [2.45, 2.75) is 38.3 Å². The van der Waals surface area contributed by atoms with Crippen molar-refractivity contribution in [3.8, 4) is 6.07 Å². The molecule has 0 heterocycles. The molecule has 1 aromatic carbocycles. The average Bonchev–Trinajstić information content (AvgIpc) is 2.42. The van der Waals surface area contributed by atoms with Gasteiger partial charge in [-0.1, -0.05) is 30.5 Å². The number of aliphatic hydroxyl groups excluding tert-OH is 1. The lowest BCUT2D eigenvalue weighted by molar-refractivity contribution is 0.0695. The van der Waals surface area contributed by atoms with Gasteiger partial charge in [-0.25, -0.2) is 0 Å². The zero-order valence-corrected chi connectivity index (χ0v) is 11.7. The summed E-state index contributed by atoms with van der Waals surface area (Å²) in [6.45, 7) is 1.49. The normalized spacial score (nSPS) is 23.0. The van der Waals surface area contributed by atoms with E-state index in [2.05, 4.69) is 11.4 Å². The fourth-order valence-electron chi connectivity index (χ4n) is 2.58. The number of hydrogen-bond acceptors (Lipinski definition) is 3. The number of nitrogens with one attached hydrogen (secondary N) is 1. The van der Waals surface area contributed by atoms with E-state index < -0.39 is 0 Å². The van der Waals surface area contributed by atoms with Gasteiger partial charge in [-0.05, 0) is 36.5 Å². The summed E-state index contributed by atoms with van der Waals surface area (Å²) in [7, 11) is 0.